The first-order valence-corrected chi connectivity index (χ1v) is 6.95. The maximum Gasteiger partial charge on any atom is 0.242 e. The fraction of sp³-hybridized carbons (Fsp3) is 0.667. The highest BCUT2D eigenvalue weighted by Crippen LogP contribution is 2.20. The van der Waals surface area contributed by atoms with Crippen LogP contribution in [0.2, 0.25) is 0 Å². The van der Waals surface area contributed by atoms with E-state index in [1.165, 1.54) is 0 Å². The molecule has 1 rings (SSSR count). The topological polar surface area (TPSA) is 49.6 Å². The van der Waals surface area contributed by atoms with Crippen molar-refractivity contribution in [2.24, 2.45) is 5.73 Å². The molecule has 0 bridgehead atoms. The summed E-state index contributed by atoms with van der Waals surface area (Å²) in [4.78, 5) is 16.7. The molecule has 0 unspecified atom stereocenters. The number of amides is 1. The molecule has 1 aliphatic heterocycles. The Bertz CT molecular complexity index is 320. The van der Waals surface area contributed by atoms with Crippen LogP contribution in [0.15, 0.2) is 25.3 Å². The third kappa shape index (κ3) is 3.91. The van der Waals surface area contributed by atoms with Crippen molar-refractivity contribution in [3.63, 3.8) is 0 Å². The average Bonchev–Trinajstić information content (AvgIpc) is 2.38. The van der Waals surface area contributed by atoms with Crippen LogP contribution < -0.4 is 5.73 Å². The van der Waals surface area contributed by atoms with E-state index in [2.05, 4.69) is 18.1 Å². The van der Waals surface area contributed by atoms with Gasteiger partial charge in [0, 0.05) is 32.2 Å². The second-order valence-electron chi connectivity index (χ2n) is 5.67. The van der Waals surface area contributed by atoms with Crippen molar-refractivity contribution in [1.29, 1.82) is 0 Å². The normalized spacial score (nSPS) is 17.6. The van der Waals surface area contributed by atoms with E-state index in [-0.39, 0.29) is 11.9 Å². The van der Waals surface area contributed by atoms with Crippen LogP contribution in [0, 0.1) is 0 Å². The SMILES string of the molecule is C=CCN(CC=C)C(C)(C)C(=O)N1CCC(N)CC1. The largest absolute Gasteiger partial charge is 0.341 e. The van der Waals surface area contributed by atoms with Crippen LogP contribution in [0.5, 0.6) is 0 Å². The molecule has 0 aromatic carbocycles. The Morgan fingerprint density at radius 2 is 1.79 bits per heavy atom. The number of nitrogens with zero attached hydrogens (tertiary/aromatic N) is 2. The number of piperidine rings is 1. The highest BCUT2D eigenvalue weighted by molar-refractivity contribution is 5.85. The average molecular weight is 265 g/mol. The monoisotopic (exact) mass is 265 g/mol. The van der Waals surface area contributed by atoms with Gasteiger partial charge in [0.25, 0.3) is 0 Å². The standard InChI is InChI=1S/C15H27N3O/c1-5-9-18(10-6-2)15(3,4)14(19)17-11-7-13(16)8-12-17/h5-6,13H,1-2,7-12,16H2,3-4H3. The number of carbonyl (C=O) groups is 1. The van der Waals surface area contributed by atoms with Crippen LogP contribution in [-0.4, -0.2) is 53.5 Å². The minimum Gasteiger partial charge on any atom is -0.341 e. The first kappa shape index (κ1) is 15.9. The van der Waals surface area contributed by atoms with E-state index >= 15 is 0 Å². The molecule has 0 saturated carbocycles. The number of carbonyl (C=O) groups excluding carboxylic acids is 1. The Labute approximate surface area is 116 Å². The fourth-order valence-corrected chi connectivity index (χ4v) is 2.47. The minimum absolute atomic E-state index is 0.170. The first-order chi connectivity index (χ1) is 8.93. The number of likely N-dealkylation sites (tertiary alicyclic amines) is 1. The summed E-state index contributed by atoms with van der Waals surface area (Å²) in [6.07, 6.45) is 5.44. The van der Waals surface area contributed by atoms with Gasteiger partial charge in [0.2, 0.25) is 5.91 Å². The maximum absolute atomic E-state index is 12.7. The molecule has 19 heavy (non-hydrogen) atoms. The van der Waals surface area contributed by atoms with Crippen molar-refractivity contribution in [3.8, 4) is 0 Å². The van der Waals surface area contributed by atoms with E-state index in [4.69, 9.17) is 5.73 Å². The van der Waals surface area contributed by atoms with E-state index < -0.39 is 5.54 Å². The predicted molar refractivity (Wildman–Crippen MR) is 79.8 cm³/mol. The van der Waals surface area contributed by atoms with Crippen LogP contribution in [0.4, 0.5) is 0 Å². The predicted octanol–water partition coefficient (Wildman–Crippen LogP) is 1.39. The van der Waals surface area contributed by atoms with Crippen molar-refractivity contribution < 1.29 is 4.79 Å². The van der Waals surface area contributed by atoms with Crippen LogP contribution in [0.25, 0.3) is 0 Å². The van der Waals surface area contributed by atoms with Gasteiger partial charge in [-0.1, -0.05) is 12.2 Å². The van der Waals surface area contributed by atoms with E-state index in [9.17, 15) is 4.79 Å². The lowest BCUT2D eigenvalue weighted by Gasteiger charge is -2.41. The molecule has 0 spiro atoms. The molecule has 1 fully saturated rings. The Kier molecular flexibility index (Phi) is 5.76. The molecule has 1 aliphatic rings. The molecule has 108 valence electrons. The molecule has 0 radical (unpaired) electrons. The van der Waals surface area contributed by atoms with E-state index in [1.54, 1.807) is 0 Å². The molecule has 1 saturated heterocycles. The third-order valence-corrected chi connectivity index (χ3v) is 3.84. The zero-order valence-electron chi connectivity index (χ0n) is 12.3. The fourth-order valence-electron chi connectivity index (χ4n) is 2.47. The van der Waals surface area contributed by atoms with Gasteiger partial charge >= 0.3 is 0 Å². The Morgan fingerprint density at radius 3 is 2.21 bits per heavy atom. The Balaban J connectivity index is 2.75. The molecule has 0 atom stereocenters. The van der Waals surface area contributed by atoms with Gasteiger partial charge in [-0.05, 0) is 26.7 Å². The third-order valence-electron chi connectivity index (χ3n) is 3.84. The number of hydrogen-bond donors (Lipinski definition) is 1. The van der Waals surface area contributed by atoms with Crippen molar-refractivity contribution in [2.75, 3.05) is 26.2 Å². The minimum atomic E-state index is -0.538. The summed E-state index contributed by atoms with van der Waals surface area (Å²) in [6, 6.07) is 0.240. The quantitative estimate of drug-likeness (QED) is 0.738. The van der Waals surface area contributed by atoms with Crippen LogP contribution >= 0.6 is 0 Å². The molecule has 0 aromatic rings. The number of hydrogen-bond acceptors (Lipinski definition) is 3. The molecule has 0 aromatic heterocycles. The lowest BCUT2D eigenvalue weighted by Crippen LogP contribution is -2.58. The Morgan fingerprint density at radius 1 is 1.32 bits per heavy atom. The molecule has 4 nitrogen and oxygen atoms in total. The maximum atomic E-state index is 12.7. The highest BCUT2D eigenvalue weighted by atomic mass is 16.2. The molecule has 2 N–H and O–H groups in total. The van der Waals surface area contributed by atoms with Crippen LogP contribution in [0.3, 0.4) is 0 Å². The lowest BCUT2D eigenvalue weighted by molar-refractivity contribution is -0.143. The van der Waals surface area contributed by atoms with Crippen molar-refractivity contribution in [3.05, 3.63) is 25.3 Å². The van der Waals surface area contributed by atoms with E-state index in [1.807, 2.05) is 30.9 Å². The van der Waals surface area contributed by atoms with Gasteiger partial charge < -0.3 is 10.6 Å². The molecular formula is C15H27N3O. The molecule has 0 aliphatic carbocycles. The van der Waals surface area contributed by atoms with Crippen molar-refractivity contribution in [2.45, 2.75) is 38.3 Å². The molecule has 1 heterocycles. The van der Waals surface area contributed by atoms with Crippen molar-refractivity contribution >= 4 is 5.91 Å². The summed E-state index contributed by atoms with van der Waals surface area (Å²) in [6.45, 7) is 14.3. The number of nitrogens with two attached hydrogens (primary N) is 1. The highest BCUT2D eigenvalue weighted by Gasteiger charge is 2.37. The van der Waals surface area contributed by atoms with E-state index in [0.29, 0.717) is 13.1 Å². The van der Waals surface area contributed by atoms with Gasteiger partial charge in [-0.25, -0.2) is 0 Å². The first-order valence-electron chi connectivity index (χ1n) is 6.95. The zero-order valence-corrected chi connectivity index (χ0v) is 12.3. The van der Waals surface area contributed by atoms with E-state index in [0.717, 1.165) is 25.9 Å². The molecule has 4 heteroatoms. The summed E-state index contributed by atoms with van der Waals surface area (Å²) >= 11 is 0. The summed E-state index contributed by atoms with van der Waals surface area (Å²) in [5.74, 6) is 0.170. The lowest BCUT2D eigenvalue weighted by atomic mass is 9.97. The van der Waals surface area contributed by atoms with Gasteiger partial charge in [-0.2, -0.15) is 0 Å². The second-order valence-corrected chi connectivity index (χ2v) is 5.67. The molecule has 1 amide bonds. The van der Waals surface area contributed by atoms with Crippen LogP contribution in [0.1, 0.15) is 26.7 Å². The zero-order chi connectivity index (χ0) is 14.5. The second kappa shape index (κ2) is 6.87. The van der Waals surface area contributed by atoms with Crippen LogP contribution in [-0.2, 0) is 4.79 Å². The Hall–Kier alpha value is -1.13. The summed E-state index contributed by atoms with van der Waals surface area (Å²) < 4.78 is 0. The van der Waals surface area contributed by atoms with Crippen molar-refractivity contribution in [1.82, 2.24) is 9.80 Å². The van der Waals surface area contributed by atoms with Gasteiger partial charge in [0.15, 0.2) is 0 Å². The summed E-state index contributed by atoms with van der Waals surface area (Å²) in [5, 5.41) is 0. The number of rotatable bonds is 6. The van der Waals surface area contributed by atoms with Gasteiger partial charge in [0.1, 0.15) is 0 Å². The van der Waals surface area contributed by atoms with Gasteiger partial charge in [-0.3, -0.25) is 9.69 Å². The van der Waals surface area contributed by atoms with Gasteiger partial charge in [0.05, 0.1) is 5.54 Å². The summed E-state index contributed by atoms with van der Waals surface area (Å²) in [7, 11) is 0. The molecular weight excluding hydrogens is 238 g/mol. The van der Waals surface area contributed by atoms with Gasteiger partial charge in [-0.15, -0.1) is 13.2 Å². The smallest absolute Gasteiger partial charge is 0.242 e. The summed E-state index contributed by atoms with van der Waals surface area (Å²) in [5.41, 5.74) is 5.35.